The second-order valence-electron chi connectivity index (χ2n) is 7.08. The molecule has 0 aliphatic carbocycles. The number of carbonyl (C=O) groups is 3. The molecule has 9 heteroatoms. The number of hydrogen-bond donors (Lipinski definition) is 1. The molecular formula is C21H21N3O6. The summed E-state index contributed by atoms with van der Waals surface area (Å²) in [4.78, 5) is 49.1. The van der Waals surface area contributed by atoms with Gasteiger partial charge in [-0.15, -0.1) is 0 Å². The van der Waals surface area contributed by atoms with E-state index in [4.69, 9.17) is 4.74 Å². The second kappa shape index (κ2) is 8.73. The number of anilines is 2. The van der Waals surface area contributed by atoms with Gasteiger partial charge >= 0.3 is 5.97 Å². The van der Waals surface area contributed by atoms with Crippen LogP contribution in [-0.4, -0.2) is 35.4 Å². The molecule has 2 amide bonds. The number of amides is 2. The highest BCUT2D eigenvalue weighted by molar-refractivity contribution is 6.00. The first kappa shape index (κ1) is 21.0. The molecule has 0 saturated carbocycles. The SMILES string of the molecule is Cc1ccc(N2C[C@H](C(=O)O[C@H](C)C(=O)Nc3ccccc3[N+](=O)[O-])CC2=O)cc1. The molecule has 2 atom stereocenters. The van der Waals surface area contributed by atoms with Crippen LogP contribution in [0.15, 0.2) is 48.5 Å². The average Bonchev–Trinajstić information content (AvgIpc) is 3.10. The molecule has 0 unspecified atom stereocenters. The van der Waals surface area contributed by atoms with Crippen LogP contribution in [0.2, 0.25) is 0 Å². The third kappa shape index (κ3) is 4.62. The number of nitro groups is 1. The summed E-state index contributed by atoms with van der Waals surface area (Å²) in [6, 6.07) is 13.0. The molecule has 1 aliphatic rings. The highest BCUT2D eigenvalue weighted by Crippen LogP contribution is 2.27. The van der Waals surface area contributed by atoms with Crippen LogP contribution < -0.4 is 10.2 Å². The molecule has 156 valence electrons. The molecule has 2 aromatic rings. The van der Waals surface area contributed by atoms with Crippen molar-refractivity contribution in [1.82, 2.24) is 0 Å². The Balaban J connectivity index is 1.60. The van der Waals surface area contributed by atoms with Crippen molar-refractivity contribution in [1.29, 1.82) is 0 Å². The average molecular weight is 411 g/mol. The topological polar surface area (TPSA) is 119 Å². The molecular weight excluding hydrogens is 390 g/mol. The Labute approximate surface area is 172 Å². The molecule has 1 aliphatic heterocycles. The van der Waals surface area contributed by atoms with Crippen molar-refractivity contribution in [2.45, 2.75) is 26.4 Å². The van der Waals surface area contributed by atoms with E-state index < -0.39 is 28.8 Å². The van der Waals surface area contributed by atoms with Gasteiger partial charge in [-0.3, -0.25) is 24.5 Å². The number of hydrogen-bond acceptors (Lipinski definition) is 6. The monoisotopic (exact) mass is 411 g/mol. The van der Waals surface area contributed by atoms with Crippen LogP contribution in [0.1, 0.15) is 18.9 Å². The second-order valence-corrected chi connectivity index (χ2v) is 7.08. The Morgan fingerprint density at radius 3 is 2.53 bits per heavy atom. The van der Waals surface area contributed by atoms with Crippen molar-refractivity contribution in [3.05, 3.63) is 64.2 Å². The van der Waals surface area contributed by atoms with Crippen LogP contribution in [0.4, 0.5) is 17.1 Å². The highest BCUT2D eigenvalue weighted by atomic mass is 16.6. The van der Waals surface area contributed by atoms with E-state index in [1.807, 2.05) is 31.2 Å². The smallest absolute Gasteiger partial charge is 0.312 e. The van der Waals surface area contributed by atoms with E-state index in [9.17, 15) is 24.5 Å². The number of aryl methyl sites for hydroxylation is 1. The van der Waals surface area contributed by atoms with Gasteiger partial charge in [0.2, 0.25) is 5.91 Å². The lowest BCUT2D eigenvalue weighted by molar-refractivity contribution is -0.383. The molecule has 9 nitrogen and oxygen atoms in total. The van der Waals surface area contributed by atoms with E-state index in [-0.39, 0.29) is 30.2 Å². The molecule has 1 heterocycles. The van der Waals surface area contributed by atoms with E-state index in [2.05, 4.69) is 5.32 Å². The zero-order valence-corrected chi connectivity index (χ0v) is 16.5. The summed E-state index contributed by atoms with van der Waals surface area (Å²) in [6.07, 6.45) is -1.19. The van der Waals surface area contributed by atoms with Gasteiger partial charge in [-0.1, -0.05) is 29.8 Å². The van der Waals surface area contributed by atoms with Crippen molar-refractivity contribution < 1.29 is 24.0 Å². The summed E-state index contributed by atoms with van der Waals surface area (Å²) in [7, 11) is 0. The Morgan fingerprint density at radius 1 is 1.20 bits per heavy atom. The zero-order chi connectivity index (χ0) is 21.8. The quantitative estimate of drug-likeness (QED) is 0.443. The Hall–Kier alpha value is -3.75. The first-order valence-corrected chi connectivity index (χ1v) is 9.38. The minimum Gasteiger partial charge on any atom is -0.452 e. The first-order chi connectivity index (χ1) is 14.3. The number of nitrogens with zero attached hydrogens (tertiary/aromatic N) is 2. The van der Waals surface area contributed by atoms with Gasteiger partial charge in [0.15, 0.2) is 6.10 Å². The fourth-order valence-electron chi connectivity index (χ4n) is 3.14. The van der Waals surface area contributed by atoms with E-state index >= 15 is 0 Å². The minimum absolute atomic E-state index is 0.00872. The van der Waals surface area contributed by atoms with E-state index in [1.165, 1.54) is 30.0 Å². The zero-order valence-electron chi connectivity index (χ0n) is 16.5. The molecule has 2 aromatic carbocycles. The van der Waals surface area contributed by atoms with Gasteiger partial charge in [-0.2, -0.15) is 0 Å². The van der Waals surface area contributed by atoms with Crippen molar-refractivity contribution >= 4 is 34.8 Å². The minimum atomic E-state index is -1.18. The van der Waals surface area contributed by atoms with Crippen LogP contribution in [0.5, 0.6) is 0 Å². The Bertz CT molecular complexity index is 988. The lowest BCUT2D eigenvalue weighted by Crippen LogP contribution is -2.33. The number of nitro benzene ring substituents is 1. The number of carbonyl (C=O) groups excluding carboxylic acids is 3. The maximum absolute atomic E-state index is 12.5. The van der Waals surface area contributed by atoms with Gasteiger partial charge < -0.3 is 15.0 Å². The van der Waals surface area contributed by atoms with Crippen molar-refractivity contribution in [2.24, 2.45) is 5.92 Å². The largest absolute Gasteiger partial charge is 0.452 e. The van der Waals surface area contributed by atoms with Crippen molar-refractivity contribution in [3.8, 4) is 0 Å². The Kier molecular flexibility index (Phi) is 6.10. The number of ether oxygens (including phenoxy) is 1. The molecule has 0 aromatic heterocycles. The number of nitrogens with one attached hydrogen (secondary N) is 1. The van der Waals surface area contributed by atoms with Crippen LogP contribution >= 0.6 is 0 Å². The molecule has 0 spiro atoms. The van der Waals surface area contributed by atoms with Crippen LogP contribution in [0.25, 0.3) is 0 Å². The number of benzene rings is 2. The molecule has 1 fully saturated rings. The summed E-state index contributed by atoms with van der Waals surface area (Å²) in [5.74, 6) is -2.25. The molecule has 30 heavy (non-hydrogen) atoms. The van der Waals surface area contributed by atoms with Gasteiger partial charge in [0.1, 0.15) is 5.69 Å². The van der Waals surface area contributed by atoms with E-state index in [0.29, 0.717) is 5.69 Å². The van der Waals surface area contributed by atoms with Crippen molar-refractivity contribution in [2.75, 3.05) is 16.8 Å². The van der Waals surface area contributed by atoms with E-state index in [0.717, 1.165) is 5.56 Å². The number of esters is 1. The van der Waals surface area contributed by atoms with Gasteiger partial charge in [-0.05, 0) is 32.0 Å². The standard InChI is InChI=1S/C21H21N3O6/c1-13-7-9-16(10-8-13)23-12-15(11-19(23)25)21(27)30-14(2)20(26)22-17-5-3-4-6-18(17)24(28)29/h3-10,14-15H,11-12H2,1-2H3,(H,22,26)/t14-,15-/m1/s1. The summed E-state index contributed by atoms with van der Waals surface area (Å²) >= 11 is 0. The summed E-state index contributed by atoms with van der Waals surface area (Å²) in [5, 5.41) is 13.5. The molecule has 0 bridgehead atoms. The van der Waals surface area contributed by atoms with Gasteiger partial charge in [-0.25, -0.2) is 0 Å². The third-order valence-corrected chi connectivity index (χ3v) is 4.82. The van der Waals surface area contributed by atoms with E-state index in [1.54, 1.807) is 6.07 Å². The fourth-order valence-corrected chi connectivity index (χ4v) is 3.14. The maximum Gasteiger partial charge on any atom is 0.312 e. The summed E-state index contributed by atoms with van der Waals surface area (Å²) in [5.41, 5.74) is 1.50. The molecule has 3 rings (SSSR count). The predicted molar refractivity (Wildman–Crippen MR) is 109 cm³/mol. The lowest BCUT2D eigenvalue weighted by Gasteiger charge is -2.18. The van der Waals surface area contributed by atoms with Crippen LogP contribution in [0.3, 0.4) is 0 Å². The van der Waals surface area contributed by atoms with Crippen LogP contribution in [-0.2, 0) is 19.1 Å². The summed E-state index contributed by atoms with van der Waals surface area (Å²) < 4.78 is 5.22. The highest BCUT2D eigenvalue weighted by Gasteiger charge is 2.37. The maximum atomic E-state index is 12.5. The molecule has 1 saturated heterocycles. The van der Waals surface area contributed by atoms with Gasteiger partial charge in [0.25, 0.3) is 11.6 Å². The van der Waals surface area contributed by atoms with Crippen LogP contribution in [0, 0.1) is 23.0 Å². The summed E-state index contributed by atoms with van der Waals surface area (Å²) in [6.45, 7) is 3.47. The Morgan fingerprint density at radius 2 is 1.87 bits per heavy atom. The number of rotatable bonds is 6. The first-order valence-electron chi connectivity index (χ1n) is 9.38. The molecule has 1 N–H and O–H groups in total. The third-order valence-electron chi connectivity index (χ3n) is 4.82. The van der Waals surface area contributed by atoms with Crippen molar-refractivity contribution in [3.63, 3.8) is 0 Å². The fraction of sp³-hybridized carbons (Fsp3) is 0.286. The number of para-hydroxylation sites is 2. The lowest BCUT2D eigenvalue weighted by atomic mass is 10.1. The van der Waals surface area contributed by atoms with Gasteiger partial charge in [0, 0.05) is 24.7 Å². The van der Waals surface area contributed by atoms with Gasteiger partial charge in [0.05, 0.1) is 10.8 Å². The predicted octanol–water partition coefficient (Wildman–Crippen LogP) is 2.83. The molecule has 0 radical (unpaired) electrons. The normalized spacial score (nSPS) is 16.8.